The Morgan fingerprint density at radius 3 is 2.61 bits per heavy atom. The number of hydrogen-bond donors (Lipinski definition) is 0. The lowest BCUT2D eigenvalue weighted by Gasteiger charge is -2.50. The monoisotopic (exact) mass is 243 g/mol. The highest BCUT2D eigenvalue weighted by Gasteiger charge is 2.44. The maximum absolute atomic E-state index is 12.0. The number of carbonyl (C=O) groups is 1. The molecule has 1 aliphatic heterocycles. The second kappa shape index (κ2) is 4.42. The second-order valence-electron chi connectivity index (χ2n) is 5.67. The van der Waals surface area contributed by atoms with Crippen molar-refractivity contribution in [1.82, 2.24) is 4.90 Å². The minimum Gasteiger partial charge on any atom is -0.333 e. The van der Waals surface area contributed by atoms with Crippen LogP contribution in [0.15, 0.2) is 24.3 Å². The molecule has 3 rings (SSSR count). The van der Waals surface area contributed by atoms with Gasteiger partial charge in [0.2, 0.25) is 5.91 Å². The fourth-order valence-corrected chi connectivity index (χ4v) is 3.92. The zero-order valence-corrected chi connectivity index (χ0v) is 11.1. The van der Waals surface area contributed by atoms with E-state index in [4.69, 9.17) is 0 Å². The van der Waals surface area contributed by atoms with Gasteiger partial charge in [-0.15, -0.1) is 0 Å². The van der Waals surface area contributed by atoms with Gasteiger partial charge < -0.3 is 4.90 Å². The molecule has 0 saturated heterocycles. The molecule has 1 amide bonds. The minimum atomic E-state index is 0.0128. The van der Waals surface area contributed by atoms with Crippen LogP contribution in [0.3, 0.4) is 0 Å². The average molecular weight is 243 g/mol. The smallest absolute Gasteiger partial charge is 0.220 e. The molecule has 0 aromatic heterocycles. The number of benzene rings is 1. The Labute approximate surface area is 109 Å². The van der Waals surface area contributed by atoms with E-state index in [9.17, 15) is 4.79 Å². The van der Waals surface area contributed by atoms with Crippen LogP contribution in [0.25, 0.3) is 0 Å². The standard InChI is InChI=1S/C16H21NO/c1-13(18)17-12-9-14-7-3-4-8-15(14)16(17)10-5-2-6-11-16/h3-4,7-8H,2,5-6,9-12H2,1H3. The highest BCUT2D eigenvalue weighted by atomic mass is 16.2. The third-order valence-electron chi connectivity index (χ3n) is 4.70. The first-order chi connectivity index (χ1) is 8.74. The molecule has 1 spiro atoms. The lowest BCUT2D eigenvalue weighted by molar-refractivity contribution is -0.138. The molecule has 1 saturated carbocycles. The Hall–Kier alpha value is -1.31. The molecule has 1 fully saturated rings. The molecule has 0 unspecified atom stereocenters. The molecule has 18 heavy (non-hydrogen) atoms. The van der Waals surface area contributed by atoms with E-state index in [0.717, 1.165) is 25.8 Å². The van der Waals surface area contributed by atoms with Crippen LogP contribution in [0, 0.1) is 0 Å². The molecule has 1 heterocycles. The van der Waals surface area contributed by atoms with Crippen LogP contribution < -0.4 is 0 Å². The summed E-state index contributed by atoms with van der Waals surface area (Å²) in [6.45, 7) is 2.62. The van der Waals surface area contributed by atoms with Gasteiger partial charge in [-0.3, -0.25) is 4.79 Å². The molecule has 1 aromatic rings. The lowest BCUT2D eigenvalue weighted by Crippen LogP contribution is -2.53. The molecular weight excluding hydrogens is 222 g/mol. The van der Waals surface area contributed by atoms with Crippen LogP contribution in [0.1, 0.15) is 50.2 Å². The van der Waals surface area contributed by atoms with Crippen LogP contribution in [-0.2, 0) is 16.8 Å². The van der Waals surface area contributed by atoms with Crippen molar-refractivity contribution in [2.24, 2.45) is 0 Å². The highest BCUT2D eigenvalue weighted by molar-refractivity contribution is 5.75. The van der Waals surface area contributed by atoms with Crippen LogP contribution in [0.5, 0.6) is 0 Å². The number of nitrogens with zero attached hydrogens (tertiary/aromatic N) is 1. The predicted octanol–water partition coefficient (Wildman–Crippen LogP) is 3.25. The fourth-order valence-electron chi connectivity index (χ4n) is 3.92. The zero-order valence-electron chi connectivity index (χ0n) is 11.1. The Bertz CT molecular complexity index is 460. The summed E-state index contributed by atoms with van der Waals surface area (Å²) in [7, 11) is 0. The summed E-state index contributed by atoms with van der Waals surface area (Å²) in [4.78, 5) is 14.2. The Morgan fingerprint density at radius 2 is 1.89 bits per heavy atom. The number of carbonyl (C=O) groups excluding carboxylic acids is 1. The zero-order chi connectivity index (χ0) is 12.6. The topological polar surface area (TPSA) is 20.3 Å². The molecule has 1 aliphatic carbocycles. The van der Waals surface area contributed by atoms with Crippen molar-refractivity contribution in [1.29, 1.82) is 0 Å². The third kappa shape index (κ3) is 1.66. The molecular formula is C16H21NO. The van der Waals surface area contributed by atoms with E-state index in [-0.39, 0.29) is 11.4 Å². The van der Waals surface area contributed by atoms with Gasteiger partial charge in [0.1, 0.15) is 0 Å². The summed E-state index contributed by atoms with van der Waals surface area (Å²) < 4.78 is 0. The van der Waals surface area contributed by atoms with Crippen molar-refractivity contribution < 1.29 is 4.79 Å². The van der Waals surface area contributed by atoms with Gasteiger partial charge in [-0.05, 0) is 30.4 Å². The molecule has 96 valence electrons. The number of amides is 1. The van der Waals surface area contributed by atoms with E-state index in [1.165, 1.54) is 30.4 Å². The van der Waals surface area contributed by atoms with Crippen LogP contribution in [-0.4, -0.2) is 17.4 Å². The van der Waals surface area contributed by atoms with Gasteiger partial charge in [-0.25, -0.2) is 0 Å². The molecule has 2 aliphatic rings. The number of hydrogen-bond acceptors (Lipinski definition) is 1. The summed E-state index contributed by atoms with van der Waals surface area (Å²) in [6, 6.07) is 8.73. The highest BCUT2D eigenvalue weighted by Crippen LogP contribution is 2.46. The van der Waals surface area contributed by atoms with Crippen molar-refractivity contribution >= 4 is 5.91 Å². The summed E-state index contributed by atoms with van der Waals surface area (Å²) in [5, 5.41) is 0. The Kier molecular flexibility index (Phi) is 2.89. The molecule has 1 aromatic carbocycles. The molecule has 2 heteroatoms. The maximum atomic E-state index is 12.0. The number of rotatable bonds is 0. The molecule has 0 bridgehead atoms. The van der Waals surface area contributed by atoms with Gasteiger partial charge in [-0.2, -0.15) is 0 Å². The molecule has 0 radical (unpaired) electrons. The Morgan fingerprint density at radius 1 is 1.17 bits per heavy atom. The second-order valence-corrected chi connectivity index (χ2v) is 5.67. The lowest BCUT2D eigenvalue weighted by atomic mass is 9.71. The van der Waals surface area contributed by atoms with Gasteiger partial charge in [0.05, 0.1) is 5.54 Å². The first-order valence-corrected chi connectivity index (χ1v) is 7.11. The van der Waals surface area contributed by atoms with Crippen LogP contribution >= 0.6 is 0 Å². The fraction of sp³-hybridized carbons (Fsp3) is 0.562. The first kappa shape index (κ1) is 11.8. The van der Waals surface area contributed by atoms with E-state index < -0.39 is 0 Å². The summed E-state index contributed by atoms with van der Waals surface area (Å²) >= 11 is 0. The number of fused-ring (bicyclic) bond motifs is 2. The van der Waals surface area contributed by atoms with Gasteiger partial charge in [-0.1, -0.05) is 43.5 Å². The van der Waals surface area contributed by atoms with E-state index >= 15 is 0 Å². The minimum absolute atomic E-state index is 0.0128. The van der Waals surface area contributed by atoms with Crippen molar-refractivity contribution in [3.8, 4) is 0 Å². The van der Waals surface area contributed by atoms with Gasteiger partial charge in [0.15, 0.2) is 0 Å². The van der Waals surface area contributed by atoms with Gasteiger partial charge >= 0.3 is 0 Å². The largest absolute Gasteiger partial charge is 0.333 e. The molecule has 2 nitrogen and oxygen atoms in total. The van der Waals surface area contributed by atoms with E-state index in [2.05, 4.69) is 29.2 Å². The maximum Gasteiger partial charge on any atom is 0.220 e. The van der Waals surface area contributed by atoms with Crippen molar-refractivity contribution in [3.05, 3.63) is 35.4 Å². The van der Waals surface area contributed by atoms with Gasteiger partial charge in [0.25, 0.3) is 0 Å². The van der Waals surface area contributed by atoms with Crippen molar-refractivity contribution in [2.45, 2.75) is 51.0 Å². The summed E-state index contributed by atoms with van der Waals surface area (Å²) in [5.41, 5.74) is 2.89. The van der Waals surface area contributed by atoms with E-state index in [1.54, 1.807) is 6.92 Å². The summed E-state index contributed by atoms with van der Waals surface area (Å²) in [5.74, 6) is 0.242. The average Bonchev–Trinajstić information content (AvgIpc) is 2.40. The summed E-state index contributed by atoms with van der Waals surface area (Å²) in [6.07, 6.45) is 7.11. The molecule has 0 N–H and O–H groups in total. The quantitative estimate of drug-likeness (QED) is 0.685. The normalized spacial score (nSPS) is 21.7. The van der Waals surface area contributed by atoms with Crippen LogP contribution in [0.2, 0.25) is 0 Å². The SMILES string of the molecule is CC(=O)N1CCc2ccccc2C12CCCCC2. The van der Waals surface area contributed by atoms with E-state index in [0.29, 0.717) is 0 Å². The molecule has 0 atom stereocenters. The van der Waals surface area contributed by atoms with Crippen molar-refractivity contribution in [3.63, 3.8) is 0 Å². The van der Waals surface area contributed by atoms with Crippen LogP contribution in [0.4, 0.5) is 0 Å². The third-order valence-corrected chi connectivity index (χ3v) is 4.70. The van der Waals surface area contributed by atoms with E-state index in [1.807, 2.05) is 0 Å². The first-order valence-electron chi connectivity index (χ1n) is 7.11. The van der Waals surface area contributed by atoms with Crippen molar-refractivity contribution in [2.75, 3.05) is 6.54 Å². The predicted molar refractivity (Wildman–Crippen MR) is 72.3 cm³/mol. The Balaban J connectivity index is 2.11. The van der Waals surface area contributed by atoms with Gasteiger partial charge in [0, 0.05) is 13.5 Å².